The van der Waals surface area contributed by atoms with Gasteiger partial charge in [0.25, 0.3) is 0 Å². The van der Waals surface area contributed by atoms with E-state index in [1.165, 1.54) is 16.0 Å². The number of allylic oxidation sites excluding steroid dienone is 4. The molecule has 0 unspecified atom stereocenters. The van der Waals surface area contributed by atoms with E-state index in [4.69, 9.17) is 28.4 Å². The zero-order chi connectivity index (χ0) is 31.0. The molecule has 0 saturated carbocycles. The van der Waals surface area contributed by atoms with E-state index in [0.29, 0.717) is 51.8 Å². The largest absolute Gasteiger partial charge is 0.508 e. The van der Waals surface area contributed by atoms with Gasteiger partial charge in [0.05, 0.1) is 46.2 Å². The lowest BCUT2D eigenvalue weighted by molar-refractivity contribution is -0.00470. The first-order valence-electron chi connectivity index (χ1n) is 15.1. The second-order valence-corrected chi connectivity index (χ2v) is 10.5. The van der Waals surface area contributed by atoms with Crippen LogP contribution >= 0.6 is 0 Å². The topological polar surface area (TPSA) is 95.9 Å². The standard InChI is InChI=1S/C33H55NO8/c1-7-8-9-13-29-24-31(35)30(15-14-28(4)12-10-11-27(2)3)32(25-29)42-26-34(5)33(36)41-23-22-40-21-20-39-19-18-38-17-16-37-6/h11,14,24-25,35H,7-10,12-13,15-23,26H2,1-6H3/b28-14+. The van der Waals surface area contributed by atoms with Crippen LogP contribution < -0.4 is 4.74 Å². The van der Waals surface area contributed by atoms with Crippen LogP contribution in [-0.2, 0) is 36.5 Å². The first-order valence-corrected chi connectivity index (χ1v) is 15.1. The maximum Gasteiger partial charge on any atom is 0.412 e. The van der Waals surface area contributed by atoms with Gasteiger partial charge in [-0.3, -0.25) is 4.90 Å². The highest BCUT2D eigenvalue weighted by Crippen LogP contribution is 2.32. The fourth-order valence-corrected chi connectivity index (χ4v) is 3.91. The van der Waals surface area contributed by atoms with Gasteiger partial charge in [-0.2, -0.15) is 0 Å². The Morgan fingerprint density at radius 2 is 1.55 bits per heavy atom. The van der Waals surface area contributed by atoms with Crippen LogP contribution in [0.1, 0.15) is 70.9 Å². The Morgan fingerprint density at radius 1 is 0.905 bits per heavy atom. The van der Waals surface area contributed by atoms with Gasteiger partial charge in [0, 0.05) is 19.7 Å². The molecule has 0 spiro atoms. The maximum atomic E-state index is 12.5. The maximum absolute atomic E-state index is 12.5. The van der Waals surface area contributed by atoms with Gasteiger partial charge in [-0.05, 0) is 70.6 Å². The molecule has 0 aliphatic heterocycles. The molecule has 0 aliphatic rings. The van der Waals surface area contributed by atoms with Gasteiger partial charge in [-0.25, -0.2) is 4.79 Å². The Kier molecular flexibility index (Phi) is 21.3. The Balaban J connectivity index is 2.56. The van der Waals surface area contributed by atoms with Crippen LogP contribution in [0.3, 0.4) is 0 Å². The smallest absolute Gasteiger partial charge is 0.412 e. The number of hydrogen-bond acceptors (Lipinski definition) is 8. The fraction of sp³-hybridized carbons (Fsp3) is 0.667. The fourth-order valence-electron chi connectivity index (χ4n) is 3.91. The number of carbonyl (C=O) groups is 1. The third-order valence-corrected chi connectivity index (χ3v) is 6.41. The molecule has 0 atom stereocenters. The summed E-state index contributed by atoms with van der Waals surface area (Å²) in [5.41, 5.74) is 4.31. The quantitative estimate of drug-likeness (QED) is 0.0829. The van der Waals surface area contributed by atoms with Crippen LogP contribution in [0.15, 0.2) is 35.4 Å². The minimum Gasteiger partial charge on any atom is -0.508 e. The summed E-state index contributed by atoms with van der Waals surface area (Å²) in [5.74, 6) is 0.805. The third-order valence-electron chi connectivity index (χ3n) is 6.41. The molecule has 1 rings (SSSR count). The first-order chi connectivity index (χ1) is 20.3. The van der Waals surface area contributed by atoms with Crippen molar-refractivity contribution < 1.29 is 38.3 Å². The van der Waals surface area contributed by atoms with Crippen molar-refractivity contribution in [3.05, 3.63) is 46.6 Å². The third kappa shape index (κ3) is 18.1. The van der Waals surface area contributed by atoms with Crippen LogP contribution in [-0.4, -0.2) is 89.8 Å². The number of unbranched alkanes of at least 4 members (excludes halogenated alkanes) is 2. The Hall–Kier alpha value is -2.59. The summed E-state index contributed by atoms with van der Waals surface area (Å²) in [4.78, 5) is 13.8. The second kappa shape index (κ2) is 23.9. The molecule has 0 bridgehead atoms. The molecular weight excluding hydrogens is 538 g/mol. The minimum absolute atomic E-state index is 0.00585. The number of phenolic OH excluding ortho intramolecular Hbond substituents is 1. The average Bonchev–Trinajstić information content (AvgIpc) is 2.95. The predicted molar refractivity (Wildman–Crippen MR) is 166 cm³/mol. The number of hydrogen-bond donors (Lipinski definition) is 1. The van der Waals surface area contributed by atoms with Crippen molar-refractivity contribution in [2.45, 2.75) is 72.6 Å². The Morgan fingerprint density at radius 3 is 2.17 bits per heavy atom. The number of methoxy groups -OCH3 is 1. The van der Waals surface area contributed by atoms with Crippen LogP contribution in [0.5, 0.6) is 11.5 Å². The van der Waals surface area contributed by atoms with Crippen LogP contribution in [0.25, 0.3) is 0 Å². The van der Waals surface area contributed by atoms with Gasteiger partial charge in [0.2, 0.25) is 0 Å². The predicted octanol–water partition coefficient (Wildman–Crippen LogP) is 6.46. The van der Waals surface area contributed by atoms with Crippen molar-refractivity contribution in [2.75, 3.05) is 73.7 Å². The average molecular weight is 594 g/mol. The Labute approximate surface area is 253 Å². The number of amides is 1. The molecule has 0 aliphatic carbocycles. The van der Waals surface area contributed by atoms with Gasteiger partial charge < -0.3 is 33.5 Å². The molecule has 1 aromatic rings. The van der Waals surface area contributed by atoms with E-state index in [1.807, 2.05) is 12.1 Å². The number of aromatic hydroxyl groups is 1. The number of benzene rings is 1. The molecular formula is C33H55NO8. The second-order valence-electron chi connectivity index (χ2n) is 10.5. The van der Waals surface area contributed by atoms with Crippen molar-refractivity contribution >= 4 is 6.09 Å². The lowest BCUT2D eigenvalue weighted by atomic mass is 10.00. The molecule has 0 saturated heterocycles. The van der Waals surface area contributed by atoms with Gasteiger partial charge in [-0.1, -0.05) is 43.1 Å². The summed E-state index contributed by atoms with van der Waals surface area (Å²) in [6, 6.07) is 3.82. The number of carbonyl (C=O) groups excluding carboxylic acids is 1. The van der Waals surface area contributed by atoms with Gasteiger partial charge in [0.15, 0.2) is 6.73 Å². The van der Waals surface area contributed by atoms with Crippen LogP contribution in [0, 0.1) is 0 Å². The first kappa shape index (κ1) is 37.4. The summed E-state index contributed by atoms with van der Waals surface area (Å²) in [6.45, 7) is 11.8. The van der Waals surface area contributed by atoms with E-state index in [9.17, 15) is 9.90 Å². The van der Waals surface area contributed by atoms with Crippen LogP contribution in [0.2, 0.25) is 0 Å². The molecule has 0 aromatic heterocycles. The monoisotopic (exact) mass is 593 g/mol. The van der Waals surface area contributed by atoms with Crippen molar-refractivity contribution in [3.8, 4) is 11.5 Å². The molecule has 0 radical (unpaired) electrons. The lowest BCUT2D eigenvalue weighted by Crippen LogP contribution is -2.32. The zero-order valence-corrected chi connectivity index (χ0v) is 26.9. The minimum atomic E-state index is -0.511. The van der Waals surface area contributed by atoms with Crippen molar-refractivity contribution in [3.63, 3.8) is 0 Å². The Bertz CT molecular complexity index is 927. The van der Waals surface area contributed by atoms with Crippen molar-refractivity contribution in [1.82, 2.24) is 4.90 Å². The zero-order valence-electron chi connectivity index (χ0n) is 26.9. The van der Waals surface area contributed by atoms with E-state index in [0.717, 1.165) is 49.7 Å². The van der Waals surface area contributed by atoms with E-state index in [1.54, 1.807) is 14.2 Å². The SMILES string of the molecule is CCCCCc1cc(O)c(C/C=C(\C)CCC=C(C)C)c(OCN(C)C(=O)OCCOCCOCCOCCOC)c1. The summed E-state index contributed by atoms with van der Waals surface area (Å²) in [6.07, 6.45) is 10.5. The molecule has 240 valence electrons. The van der Waals surface area contributed by atoms with Crippen molar-refractivity contribution in [2.24, 2.45) is 0 Å². The van der Waals surface area contributed by atoms with E-state index >= 15 is 0 Å². The highest BCUT2D eigenvalue weighted by atomic mass is 16.6. The number of ether oxygens (including phenoxy) is 6. The molecule has 1 N–H and O–H groups in total. The number of nitrogens with zero attached hydrogens (tertiary/aromatic N) is 1. The number of phenols is 1. The molecule has 9 nitrogen and oxygen atoms in total. The molecule has 0 fully saturated rings. The number of aryl methyl sites for hydroxylation is 1. The molecule has 1 aromatic carbocycles. The summed E-state index contributed by atoms with van der Waals surface area (Å²) < 4.78 is 32.5. The normalized spacial score (nSPS) is 11.4. The van der Waals surface area contributed by atoms with E-state index in [-0.39, 0.29) is 25.7 Å². The molecule has 0 heterocycles. The molecule has 9 heteroatoms. The van der Waals surface area contributed by atoms with Crippen LogP contribution in [0.4, 0.5) is 4.79 Å². The van der Waals surface area contributed by atoms with Gasteiger partial charge in [0.1, 0.15) is 18.1 Å². The number of rotatable bonds is 24. The summed E-state index contributed by atoms with van der Waals surface area (Å²) in [5, 5.41) is 10.9. The highest BCUT2D eigenvalue weighted by molar-refractivity contribution is 5.67. The van der Waals surface area contributed by atoms with Gasteiger partial charge >= 0.3 is 6.09 Å². The molecule has 1 amide bonds. The highest BCUT2D eigenvalue weighted by Gasteiger charge is 2.15. The molecule has 42 heavy (non-hydrogen) atoms. The lowest BCUT2D eigenvalue weighted by Gasteiger charge is -2.20. The van der Waals surface area contributed by atoms with E-state index in [2.05, 4.69) is 39.8 Å². The van der Waals surface area contributed by atoms with E-state index < -0.39 is 6.09 Å². The van der Waals surface area contributed by atoms with Crippen molar-refractivity contribution in [1.29, 1.82) is 0 Å². The summed E-state index contributed by atoms with van der Waals surface area (Å²) in [7, 11) is 3.25. The summed E-state index contributed by atoms with van der Waals surface area (Å²) >= 11 is 0. The van der Waals surface area contributed by atoms with Gasteiger partial charge in [-0.15, -0.1) is 0 Å².